The third-order valence-corrected chi connectivity index (χ3v) is 9.91. The first-order chi connectivity index (χ1) is 19.7. The zero-order chi connectivity index (χ0) is 30.6. The van der Waals surface area contributed by atoms with Crippen LogP contribution in [-0.4, -0.2) is 32.5 Å². The van der Waals surface area contributed by atoms with Gasteiger partial charge in [-0.3, -0.25) is 34.5 Å². The Balaban J connectivity index is 1.66. The van der Waals surface area contributed by atoms with Gasteiger partial charge in [-0.1, -0.05) is 31.9 Å². The van der Waals surface area contributed by atoms with E-state index in [0.717, 1.165) is 12.1 Å². The Kier molecular flexibility index (Phi) is 7.38. The van der Waals surface area contributed by atoms with Gasteiger partial charge in [-0.25, -0.2) is 16.8 Å². The first-order valence-corrected chi connectivity index (χ1v) is 16.0. The normalized spacial score (nSPS) is 12.4. The van der Waals surface area contributed by atoms with E-state index in [1.807, 2.05) is 0 Å². The number of benzene rings is 4. The van der Waals surface area contributed by atoms with Crippen LogP contribution in [0.3, 0.4) is 0 Å². The molecule has 0 fully saturated rings. The minimum absolute atomic E-state index is 0.125. The largest absolute Gasteiger partial charge is 0.289 e. The second-order valence-corrected chi connectivity index (χ2v) is 14.0. The van der Waals surface area contributed by atoms with Gasteiger partial charge in [-0.15, -0.1) is 0 Å². The highest BCUT2D eigenvalue weighted by Crippen LogP contribution is 2.49. The molecule has 2 N–H and O–H groups in total. The summed E-state index contributed by atoms with van der Waals surface area (Å²) in [5, 5.41) is 24.2. The van der Waals surface area contributed by atoms with E-state index >= 15 is 0 Å². The van der Waals surface area contributed by atoms with Crippen LogP contribution in [0.4, 0.5) is 22.7 Å². The number of nitrogens with zero attached hydrogens (tertiary/aromatic N) is 2. The molecule has 214 valence electrons. The lowest BCUT2D eigenvalue weighted by atomic mass is 10.0. The third kappa shape index (κ3) is 5.38. The standard InChI is InChI=1S/C25H14Br2N4O9S2/c26-13-1-5-15(6-2-13)28-41(37,38)17-9-19-23(21(11-17)30(33)34)24-20(25(19)32)10-18(12-22(24)31(35)36)42(39,40)29-16-7-3-14(27)4-8-16/h1-12,28-29H. The average Bonchev–Trinajstić information content (AvgIpc) is 3.21. The highest BCUT2D eigenvalue weighted by molar-refractivity contribution is 9.10. The van der Waals surface area contributed by atoms with Crippen LogP contribution in [0.15, 0.2) is 91.5 Å². The molecule has 0 bridgehead atoms. The Morgan fingerprint density at radius 2 is 0.929 bits per heavy atom. The molecular weight excluding hydrogens is 724 g/mol. The summed E-state index contributed by atoms with van der Waals surface area (Å²) in [6.07, 6.45) is 0. The Morgan fingerprint density at radius 3 is 1.24 bits per heavy atom. The number of ketones is 1. The molecule has 0 unspecified atom stereocenters. The maximum Gasteiger partial charge on any atom is 0.279 e. The molecule has 0 aromatic heterocycles. The number of carbonyl (C=O) groups excluding carboxylic acids is 1. The Labute approximate surface area is 254 Å². The van der Waals surface area contributed by atoms with E-state index in [9.17, 15) is 41.9 Å². The molecule has 1 aliphatic carbocycles. The zero-order valence-electron chi connectivity index (χ0n) is 20.6. The highest BCUT2D eigenvalue weighted by atomic mass is 79.9. The van der Waals surface area contributed by atoms with Gasteiger partial charge in [0.15, 0.2) is 5.78 Å². The van der Waals surface area contributed by atoms with Crippen molar-refractivity contribution in [2.75, 3.05) is 9.44 Å². The number of fused-ring (bicyclic) bond motifs is 3. The molecule has 0 saturated heterocycles. The number of sulfonamides is 2. The summed E-state index contributed by atoms with van der Waals surface area (Å²) in [6.45, 7) is 0. The van der Waals surface area contributed by atoms with Gasteiger partial charge in [0.1, 0.15) is 0 Å². The average molecular weight is 738 g/mol. The summed E-state index contributed by atoms with van der Waals surface area (Å²) in [6, 6.07) is 15.0. The van der Waals surface area contributed by atoms with Crippen LogP contribution in [0.5, 0.6) is 0 Å². The number of anilines is 2. The number of nitrogens with one attached hydrogen (secondary N) is 2. The number of hydrogen-bond acceptors (Lipinski definition) is 9. The van der Waals surface area contributed by atoms with Crippen molar-refractivity contribution in [1.29, 1.82) is 0 Å². The maximum absolute atomic E-state index is 13.5. The van der Waals surface area contributed by atoms with Crippen molar-refractivity contribution in [2.45, 2.75) is 9.79 Å². The number of hydrogen-bond donors (Lipinski definition) is 2. The van der Waals surface area contributed by atoms with Crippen LogP contribution >= 0.6 is 31.9 Å². The topological polar surface area (TPSA) is 196 Å². The van der Waals surface area contributed by atoms with Crippen molar-refractivity contribution in [1.82, 2.24) is 0 Å². The summed E-state index contributed by atoms with van der Waals surface area (Å²) in [4.78, 5) is 34.4. The van der Waals surface area contributed by atoms with Crippen molar-refractivity contribution >= 4 is 80.4 Å². The van der Waals surface area contributed by atoms with Crippen LogP contribution in [0, 0.1) is 20.2 Å². The smallest absolute Gasteiger partial charge is 0.279 e. The molecule has 42 heavy (non-hydrogen) atoms. The zero-order valence-corrected chi connectivity index (χ0v) is 25.4. The number of nitro benzene ring substituents is 2. The van der Waals surface area contributed by atoms with Gasteiger partial charge in [0.25, 0.3) is 31.4 Å². The van der Waals surface area contributed by atoms with E-state index in [2.05, 4.69) is 41.3 Å². The first kappa shape index (κ1) is 29.3. The minimum Gasteiger partial charge on any atom is -0.289 e. The second-order valence-electron chi connectivity index (χ2n) is 8.80. The van der Waals surface area contributed by atoms with Crippen molar-refractivity contribution in [3.8, 4) is 11.1 Å². The summed E-state index contributed by atoms with van der Waals surface area (Å²) in [5.74, 6) is -1.02. The number of carbonyl (C=O) groups is 1. The summed E-state index contributed by atoms with van der Waals surface area (Å²) < 4.78 is 58.4. The fraction of sp³-hybridized carbons (Fsp3) is 0. The summed E-state index contributed by atoms with van der Waals surface area (Å²) in [7, 11) is -8.95. The van der Waals surface area contributed by atoms with Gasteiger partial charge >= 0.3 is 0 Å². The molecule has 0 spiro atoms. The number of halogens is 2. The Hall–Kier alpha value is -4.19. The molecule has 0 heterocycles. The molecule has 0 radical (unpaired) electrons. The van der Waals surface area contributed by atoms with Crippen molar-refractivity contribution in [2.24, 2.45) is 0 Å². The lowest BCUT2D eigenvalue weighted by Crippen LogP contribution is -2.14. The van der Waals surface area contributed by atoms with Crippen molar-refractivity contribution in [3.05, 3.63) is 113 Å². The lowest BCUT2D eigenvalue weighted by Gasteiger charge is -2.11. The van der Waals surface area contributed by atoms with Crippen LogP contribution < -0.4 is 9.44 Å². The molecule has 13 nitrogen and oxygen atoms in total. The fourth-order valence-electron chi connectivity index (χ4n) is 4.29. The van der Waals surface area contributed by atoms with Gasteiger partial charge in [-0.05, 0) is 60.7 Å². The highest BCUT2D eigenvalue weighted by Gasteiger charge is 2.41. The molecular formula is C25H14Br2N4O9S2. The quantitative estimate of drug-likeness (QED) is 0.145. The van der Waals surface area contributed by atoms with Crippen LogP contribution in [0.25, 0.3) is 11.1 Å². The van der Waals surface area contributed by atoms with E-state index in [1.54, 1.807) is 24.3 Å². The van der Waals surface area contributed by atoms with Crippen molar-refractivity contribution < 1.29 is 31.5 Å². The van der Waals surface area contributed by atoms with Gasteiger partial charge in [0.05, 0.1) is 30.8 Å². The first-order valence-electron chi connectivity index (χ1n) is 11.4. The van der Waals surface area contributed by atoms with Crippen molar-refractivity contribution in [3.63, 3.8) is 0 Å². The van der Waals surface area contributed by atoms with Gasteiger partial charge in [0, 0.05) is 43.6 Å². The predicted molar refractivity (Wildman–Crippen MR) is 159 cm³/mol. The molecule has 0 saturated carbocycles. The molecule has 0 aliphatic heterocycles. The molecule has 17 heteroatoms. The van der Waals surface area contributed by atoms with E-state index in [0.29, 0.717) is 21.1 Å². The molecule has 5 rings (SSSR count). The van der Waals surface area contributed by atoms with Gasteiger partial charge in [0.2, 0.25) is 0 Å². The minimum atomic E-state index is -4.48. The number of nitro groups is 2. The third-order valence-electron chi connectivity index (χ3n) is 6.13. The predicted octanol–water partition coefficient (Wildman–Crippen LogP) is 5.84. The maximum atomic E-state index is 13.5. The lowest BCUT2D eigenvalue weighted by molar-refractivity contribution is -0.386. The second kappa shape index (κ2) is 10.6. The molecule has 0 amide bonds. The van der Waals surface area contributed by atoms with E-state index in [4.69, 9.17) is 0 Å². The Bertz CT molecular complexity index is 1900. The van der Waals surface area contributed by atoms with E-state index in [-0.39, 0.29) is 11.4 Å². The van der Waals surface area contributed by atoms with Crippen LogP contribution in [-0.2, 0) is 20.0 Å². The van der Waals surface area contributed by atoms with Gasteiger partial charge in [-0.2, -0.15) is 0 Å². The van der Waals surface area contributed by atoms with E-state index in [1.165, 1.54) is 24.3 Å². The monoisotopic (exact) mass is 736 g/mol. The summed E-state index contributed by atoms with van der Waals surface area (Å²) in [5.41, 5.74) is -3.51. The molecule has 4 aromatic rings. The SMILES string of the molecule is O=C1c2cc(S(=O)(=O)Nc3ccc(Br)cc3)cc([N+](=O)[O-])c2-c2c1cc(S(=O)(=O)Nc1ccc(Br)cc1)cc2[N+](=O)[O-]. The van der Waals surface area contributed by atoms with Crippen LogP contribution in [0.1, 0.15) is 15.9 Å². The van der Waals surface area contributed by atoms with Crippen LogP contribution in [0.2, 0.25) is 0 Å². The van der Waals surface area contributed by atoms with E-state index < -0.39 is 79.1 Å². The molecule has 4 aromatic carbocycles. The molecule has 1 aliphatic rings. The fourth-order valence-corrected chi connectivity index (χ4v) is 7.03. The van der Waals surface area contributed by atoms with Gasteiger partial charge < -0.3 is 0 Å². The Morgan fingerprint density at radius 1 is 0.595 bits per heavy atom. The summed E-state index contributed by atoms with van der Waals surface area (Å²) >= 11 is 6.44. The molecule has 0 atom stereocenters. The number of rotatable bonds is 8.